The molecule has 0 saturated carbocycles. The average Bonchev–Trinajstić information content (AvgIpc) is 2.68. The van der Waals surface area contributed by atoms with Crippen molar-refractivity contribution in [1.82, 2.24) is 4.72 Å². The molecule has 0 unspecified atom stereocenters. The van der Waals surface area contributed by atoms with Gasteiger partial charge in [0.05, 0.1) is 23.1 Å². The summed E-state index contributed by atoms with van der Waals surface area (Å²) in [7, 11) is -3.98. The second-order valence-corrected chi connectivity index (χ2v) is 8.07. The van der Waals surface area contributed by atoms with Gasteiger partial charge in [0.1, 0.15) is 5.82 Å². The van der Waals surface area contributed by atoms with Crippen LogP contribution in [0.15, 0.2) is 53.4 Å². The van der Waals surface area contributed by atoms with Gasteiger partial charge in [0.2, 0.25) is 15.9 Å². The molecule has 0 fully saturated rings. The van der Waals surface area contributed by atoms with E-state index in [2.05, 4.69) is 10.0 Å². The van der Waals surface area contributed by atoms with Crippen LogP contribution in [0.2, 0.25) is 0 Å². The normalized spacial score (nSPS) is 12.2. The molecule has 1 amide bonds. The summed E-state index contributed by atoms with van der Waals surface area (Å²) in [5.41, 5.74) is 0.747. The minimum Gasteiger partial charge on any atom is -0.462 e. The highest BCUT2D eigenvalue weighted by Crippen LogP contribution is 2.13. The fourth-order valence-electron chi connectivity index (χ4n) is 2.30. The standard InChI is InChI=1S/C20H23FN2O5S/c1-3-4-13-28-20(25)15-5-9-17(10-6-15)22-19(24)14(2)23-29(26,27)18-11-7-16(21)8-12-18/h5-12,14,23H,3-4,13H2,1-2H3,(H,22,24)/t14-/m1/s1. The number of ether oxygens (including phenoxy) is 1. The maximum absolute atomic E-state index is 13.0. The predicted octanol–water partition coefficient (Wildman–Crippen LogP) is 3.09. The highest BCUT2D eigenvalue weighted by molar-refractivity contribution is 7.89. The van der Waals surface area contributed by atoms with Gasteiger partial charge in [0, 0.05) is 5.69 Å². The summed E-state index contributed by atoms with van der Waals surface area (Å²) in [5, 5.41) is 2.57. The number of halogens is 1. The molecule has 0 aliphatic rings. The molecule has 0 saturated heterocycles. The van der Waals surface area contributed by atoms with Crippen LogP contribution in [0.4, 0.5) is 10.1 Å². The molecule has 0 radical (unpaired) electrons. The third-order valence-electron chi connectivity index (χ3n) is 3.97. The first kappa shape index (κ1) is 22.5. The molecule has 2 aromatic carbocycles. The van der Waals surface area contributed by atoms with Crippen molar-refractivity contribution in [2.75, 3.05) is 11.9 Å². The Morgan fingerprint density at radius 3 is 2.28 bits per heavy atom. The van der Waals surface area contributed by atoms with Crippen molar-refractivity contribution in [3.8, 4) is 0 Å². The Kier molecular flexibility index (Phi) is 7.86. The fraction of sp³-hybridized carbons (Fsp3) is 0.300. The number of rotatable bonds is 9. The number of carbonyl (C=O) groups excluding carboxylic acids is 2. The predicted molar refractivity (Wildman–Crippen MR) is 106 cm³/mol. The van der Waals surface area contributed by atoms with Gasteiger partial charge in [-0.2, -0.15) is 4.72 Å². The average molecular weight is 422 g/mol. The molecule has 0 aromatic heterocycles. The summed E-state index contributed by atoms with van der Waals surface area (Å²) in [6, 6.07) is 9.26. The maximum Gasteiger partial charge on any atom is 0.338 e. The first-order valence-electron chi connectivity index (χ1n) is 9.09. The number of benzene rings is 2. The Hall–Kier alpha value is -2.78. The van der Waals surface area contributed by atoms with Gasteiger partial charge in [-0.25, -0.2) is 17.6 Å². The number of unbranched alkanes of at least 4 members (excludes halogenated alkanes) is 1. The Bertz CT molecular complexity index is 944. The van der Waals surface area contributed by atoms with Crippen molar-refractivity contribution in [3.05, 3.63) is 59.9 Å². The number of anilines is 1. The fourth-order valence-corrected chi connectivity index (χ4v) is 3.50. The van der Waals surface area contributed by atoms with E-state index < -0.39 is 33.8 Å². The van der Waals surface area contributed by atoms with Crippen LogP contribution in [0.1, 0.15) is 37.0 Å². The minimum atomic E-state index is -3.98. The Balaban J connectivity index is 1.95. The van der Waals surface area contributed by atoms with Crippen LogP contribution in [-0.4, -0.2) is 32.9 Å². The largest absolute Gasteiger partial charge is 0.462 e. The zero-order valence-corrected chi connectivity index (χ0v) is 17.0. The quantitative estimate of drug-likeness (QED) is 0.478. The topological polar surface area (TPSA) is 102 Å². The van der Waals surface area contributed by atoms with E-state index in [-0.39, 0.29) is 4.90 Å². The lowest BCUT2D eigenvalue weighted by Gasteiger charge is -2.14. The molecule has 0 aliphatic carbocycles. The lowest BCUT2D eigenvalue weighted by molar-refractivity contribution is -0.117. The number of hydrogen-bond donors (Lipinski definition) is 2. The number of hydrogen-bond acceptors (Lipinski definition) is 5. The lowest BCUT2D eigenvalue weighted by Crippen LogP contribution is -2.41. The van der Waals surface area contributed by atoms with E-state index in [4.69, 9.17) is 4.74 Å². The van der Waals surface area contributed by atoms with Gasteiger partial charge in [-0.3, -0.25) is 4.79 Å². The van der Waals surface area contributed by atoms with Crippen molar-refractivity contribution in [1.29, 1.82) is 0 Å². The molecule has 2 aromatic rings. The van der Waals surface area contributed by atoms with E-state index in [1.807, 2.05) is 6.92 Å². The third-order valence-corrected chi connectivity index (χ3v) is 5.52. The third kappa shape index (κ3) is 6.65. The van der Waals surface area contributed by atoms with Crippen LogP contribution >= 0.6 is 0 Å². The van der Waals surface area contributed by atoms with Gasteiger partial charge >= 0.3 is 5.97 Å². The van der Waals surface area contributed by atoms with E-state index >= 15 is 0 Å². The molecular formula is C20H23FN2O5S. The molecule has 7 nitrogen and oxygen atoms in total. The Morgan fingerprint density at radius 2 is 1.69 bits per heavy atom. The molecule has 0 spiro atoms. The van der Waals surface area contributed by atoms with E-state index in [1.54, 1.807) is 0 Å². The molecule has 1 atom stereocenters. The molecule has 2 rings (SSSR count). The molecule has 9 heteroatoms. The monoisotopic (exact) mass is 422 g/mol. The Labute approximate surface area is 169 Å². The molecule has 0 heterocycles. The molecule has 2 N–H and O–H groups in total. The first-order chi connectivity index (χ1) is 13.7. The number of sulfonamides is 1. The van der Waals surface area contributed by atoms with E-state index in [0.29, 0.717) is 17.9 Å². The lowest BCUT2D eigenvalue weighted by atomic mass is 10.2. The van der Waals surface area contributed by atoms with Crippen LogP contribution in [0.3, 0.4) is 0 Å². The number of carbonyl (C=O) groups is 2. The smallest absolute Gasteiger partial charge is 0.338 e. The van der Waals surface area contributed by atoms with Gasteiger partial charge in [0.15, 0.2) is 0 Å². The van der Waals surface area contributed by atoms with Gasteiger partial charge < -0.3 is 10.1 Å². The molecule has 156 valence electrons. The zero-order valence-electron chi connectivity index (χ0n) is 16.1. The van der Waals surface area contributed by atoms with Gasteiger partial charge in [-0.1, -0.05) is 13.3 Å². The second-order valence-electron chi connectivity index (χ2n) is 6.35. The summed E-state index contributed by atoms with van der Waals surface area (Å²) in [4.78, 5) is 24.0. The van der Waals surface area contributed by atoms with Crippen LogP contribution in [0, 0.1) is 5.82 Å². The highest BCUT2D eigenvalue weighted by Gasteiger charge is 2.22. The Morgan fingerprint density at radius 1 is 1.07 bits per heavy atom. The summed E-state index contributed by atoms with van der Waals surface area (Å²) < 4.78 is 44.8. The van der Waals surface area contributed by atoms with Crippen LogP contribution in [0.25, 0.3) is 0 Å². The van der Waals surface area contributed by atoms with Gasteiger partial charge in [0.25, 0.3) is 0 Å². The van der Waals surface area contributed by atoms with Crippen LogP contribution in [0.5, 0.6) is 0 Å². The number of nitrogens with one attached hydrogen (secondary N) is 2. The molecule has 0 aliphatic heterocycles. The van der Waals surface area contributed by atoms with Crippen molar-refractivity contribution in [2.45, 2.75) is 37.6 Å². The molecular weight excluding hydrogens is 399 g/mol. The minimum absolute atomic E-state index is 0.149. The second kappa shape index (κ2) is 10.1. The maximum atomic E-state index is 13.0. The van der Waals surface area contributed by atoms with E-state index in [9.17, 15) is 22.4 Å². The van der Waals surface area contributed by atoms with Gasteiger partial charge in [-0.15, -0.1) is 0 Å². The summed E-state index contributed by atoms with van der Waals surface area (Å²) in [6.07, 6.45) is 1.70. The van der Waals surface area contributed by atoms with Crippen molar-refractivity contribution in [2.24, 2.45) is 0 Å². The number of amides is 1. The van der Waals surface area contributed by atoms with Crippen LogP contribution in [-0.2, 0) is 19.6 Å². The summed E-state index contributed by atoms with van der Waals surface area (Å²) in [6.45, 7) is 3.72. The first-order valence-corrected chi connectivity index (χ1v) is 10.6. The van der Waals surface area contributed by atoms with Gasteiger partial charge in [-0.05, 0) is 61.9 Å². The van der Waals surface area contributed by atoms with E-state index in [1.165, 1.54) is 31.2 Å². The van der Waals surface area contributed by atoms with Crippen molar-refractivity contribution < 1.29 is 27.1 Å². The van der Waals surface area contributed by atoms with Crippen molar-refractivity contribution in [3.63, 3.8) is 0 Å². The summed E-state index contributed by atoms with van der Waals surface area (Å²) >= 11 is 0. The molecule has 29 heavy (non-hydrogen) atoms. The van der Waals surface area contributed by atoms with E-state index in [0.717, 1.165) is 37.1 Å². The van der Waals surface area contributed by atoms with Crippen LogP contribution < -0.4 is 10.0 Å². The highest BCUT2D eigenvalue weighted by atomic mass is 32.2. The van der Waals surface area contributed by atoms with Crippen molar-refractivity contribution >= 4 is 27.6 Å². The molecule has 0 bridgehead atoms. The summed E-state index contributed by atoms with van der Waals surface area (Å²) in [5.74, 6) is -1.60. The SMILES string of the molecule is CCCCOC(=O)c1ccc(NC(=O)[C@@H](C)NS(=O)(=O)c2ccc(F)cc2)cc1. The zero-order chi connectivity index (χ0) is 21.4. The number of esters is 1.